The lowest BCUT2D eigenvalue weighted by atomic mass is 9.85. The second-order valence-electron chi connectivity index (χ2n) is 6.72. The Morgan fingerprint density at radius 2 is 1.79 bits per heavy atom. The lowest BCUT2D eigenvalue weighted by Crippen LogP contribution is -2.23. The Morgan fingerprint density at radius 3 is 2.71 bits per heavy atom. The van der Waals surface area contributed by atoms with E-state index in [4.69, 9.17) is 4.74 Å². The van der Waals surface area contributed by atoms with Crippen molar-refractivity contribution >= 4 is 44.1 Å². The number of rotatable bonds is 5. The quantitative estimate of drug-likeness (QED) is 0.206. The molecule has 1 aliphatic carbocycles. The maximum atomic E-state index is 6.12. The minimum absolute atomic E-state index is 0.407. The van der Waals surface area contributed by atoms with Gasteiger partial charge in [0.15, 0.2) is 0 Å². The summed E-state index contributed by atoms with van der Waals surface area (Å²) in [6, 6.07) is 17.9. The molecule has 4 rings (SSSR count). The maximum absolute atomic E-state index is 6.12. The highest BCUT2D eigenvalue weighted by atomic mass is 127. The third kappa shape index (κ3) is 3.18. The van der Waals surface area contributed by atoms with Crippen LogP contribution in [0.4, 0.5) is 0 Å². The molecule has 0 saturated carbocycles. The van der Waals surface area contributed by atoms with Gasteiger partial charge in [0, 0.05) is 6.61 Å². The Hall–Kier alpha value is -1.13. The van der Waals surface area contributed by atoms with Gasteiger partial charge in [-0.25, -0.2) is 0 Å². The lowest BCUT2D eigenvalue weighted by molar-refractivity contribution is 0.0428. The molecular weight excluding hydrogens is 407 g/mol. The van der Waals surface area contributed by atoms with Crippen LogP contribution >= 0.6 is 22.6 Å². The summed E-state index contributed by atoms with van der Waals surface area (Å²) in [6.07, 6.45) is 6.23. The van der Waals surface area contributed by atoms with Gasteiger partial charge in [0.05, 0.1) is 6.10 Å². The zero-order valence-corrected chi connectivity index (χ0v) is 16.1. The fourth-order valence-electron chi connectivity index (χ4n) is 3.92. The van der Waals surface area contributed by atoms with E-state index >= 15 is 0 Å². The lowest BCUT2D eigenvalue weighted by Gasteiger charge is -2.26. The van der Waals surface area contributed by atoms with E-state index in [-0.39, 0.29) is 0 Å². The van der Waals surface area contributed by atoms with E-state index in [0.717, 1.165) is 25.9 Å². The SMILES string of the molecule is ICCCCOC1CCc2c(ccc3c2ccc2ccccc23)C1. The van der Waals surface area contributed by atoms with E-state index in [1.54, 1.807) is 5.56 Å². The minimum atomic E-state index is 0.407. The van der Waals surface area contributed by atoms with E-state index < -0.39 is 0 Å². The molecule has 0 spiro atoms. The molecule has 0 saturated heterocycles. The predicted molar refractivity (Wildman–Crippen MR) is 111 cm³/mol. The predicted octanol–water partition coefficient (Wildman–Crippen LogP) is 6.08. The molecule has 0 amide bonds. The van der Waals surface area contributed by atoms with E-state index in [9.17, 15) is 0 Å². The van der Waals surface area contributed by atoms with E-state index in [0.29, 0.717) is 6.10 Å². The van der Waals surface area contributed by atoms with Crippen LogP contribution in [0.25, 0.3) is 21.5 Å². The molecule has 124 valence electrons. The van der Waals surface area contributed by atoms with Crippen molar-refractivity contribution in [2.45, 2.75) is 38.2 Å². The Balaban J connectivity index is 1.61. The molecule has 0 N–H and O–H groups in total. The van der Waals surface area contributed by atoms with Gasteiger partial charge < -0.3 is 4.74 Å². The average Bonchev–Trinajstić information content (AvgIpc) is 2.64. The molecule has 3 aromatic carbocycles. The van der Waals surface area contributed by atoms with Crippen LogP contribution in [0.2, 0.25) is 0 Å². The molecule has 1 unspecified atom stereocenters. The van der Waals surface area contributed by atoms with Gasteiger partial charge in [-0.2, -0.15) is 0 Å². The molecule has 1 nitrogen and oxygen atoms in total. The second kappa shape index (κ2) is 7.40. The summed E-state index contributed by atoms with van der Waals surface area (Å²) in [6.45, 7) is 0.918. The van der Waals surface area contributed by atoms with Crippen LogP contribution in [-0.4, -0.2) is 17.1 Å². The van der Waals surface area contributed by atoms with Crippen LogP contribution in [0.1, 0.15) is 30.4 Å². The number of alkyl halides is 1. The van der Waals surface area contributed by atoms with E-state index in [1.807, 2.05) is 0 Å². The number of benzene rings is 3. The van der Waals surface area contributed by atoms with Gasteiger partial charge in [0.25, 0.3) is 0 Å². The topological polar surface area (TPSA) is 9.23 Å². The van der Waals surface area contributed by atoms with Crippen LogP contribution in [0.15, 0.2) is 48.5 Å². The minimum Gasteiger partial charge on any atom is -0.378 e. The molecule has 0 aromatic heterocycles. The fraction of sp³-hybridized carbons (Fsp3) is 0.364. The highest BCUT2D eigenvalue weighted by molar-refractivity contribution is 14.1. The summed E-state index contributed by atoms with van der Waals surface area (Å²) >= 11 is 2.44. The molecule has 0 heterocycles. The average molecular weight is 430 g/mol. The highest BCUT2D eigenvalue weighted by Gasteiger charge is 2.21. The van der Waals surface area contributed by atoms with Gasteiger partial charge in [0.1, 0.15) is 0 Å². The van der Waals surface area contributed by atoms with Gasteiger partial charge in [-0.15, -0.1) is 0 Å². The normalized spacial score (nSPS) is 17.3. The largest absolute Gasteiger partial charge is 0.378 e. The van der Waals surface area contributed by atoms with Crippen LogP contribution in [0, 0.1) is 0 Å². The molecule has 0 fully saturated rings. The first-order valence-electron chi connectivity index (χ1n) is 8.96. The van der Waals surface area contributed by atoms with E-state index in [2.05, 4.69) is 71.1 Å². The summed E-state index contributed by atoms with van der Waals surface area (Å²) in [5, 5.41) is 5.54. The Labute approximate surface area is 157 Å². The van der Waals surface area contributed by atoms with Crippen LogP contribution in [0.3, 0.4) is 0 Å². The van der Waals surface area contributed by atoms with Crippen LogP contribution in [-0.2, 0) is 17.6 Å². The molecule has 0 aliphatic heterocycles. The van der Waals surface area contributed by atoms with Crippen molar-refractivity contribution in [3.05, 3.63) is 59.7 Å². The smallest absolute Gasteiger partial charge is 0.0618 e. The number of fused-ring (bicyclic) bond motifs is 5. The van der Waals surface area contributed by atoms with Gasteiger partial charge in [-0.1, -0.05) is 71.1 Å². The van der Waals surface area contributed by atoms with Crippen molar-refractivity contribution in [1.29, 1.82) is 0 Å². The number of hydrogen-bond donors (Lipinski definition) is 0. The molecule has 1 aliphatic rings. The number of aryl methyl sites for hydroxylation is 1. The zero-order valence-electron chi connectivity index (χ0n) is 13.9. The molecule has 3 aromatic rings. The Bertz CT molecular complexity index is 855. The monoisotopic (exact) mass is 430 g/mol. The van der Waals surface area contributed by atoms with Crippen molar-refractivity contribution < 1.29 is 4.74 Å². The first-order valence-corrected chi connectivity index (χ1v) is 10.5. The van der Waals surface area contributed by atoms with Crippen molar-refractivity contribution in [1.82, 2.24) is 0 Å². The molecule has 0 radical (unpaired) electrons. The third-order valence-corrected chi connectivity index (χ3v) is 5.94. The summed E-state index contributed by atoms with van der Waals surface area (Å²) in [4.78, 5) is 0. The second-order valence-corrected chi connectivity index (χ2v) is 7.80. The highest BCUT2D eigenvalue weighted by Crippen LogP contribution is 2.33. The summed E-state index contributed by atoms with van der Waals surface area (Å²) in [7, 11) is 0. The first kappa shape index (κ1) is 16.3. The van der Waals surface area contributed by atoms with Gasteiger partial charge in [0.2, 0.25) is 0 Å². The van der Waals surface area contributed by atoms with Crippen molar-refractivity contribution in [3.63, 3.8) is 0 Å². The summed E-state index contributed by atoms with van der Waals surface area (Å²) in [5.74, 6) is 0. The Kier molecular flexibility index (Phi) is 5.04. The maximum Gasteiger partial charge on any atom is 0.0618 e. The van der Waals surface area contributed by atoms with E-state index in [1.165, 1.54) is 44.4 Å². The third-order valence-electron chi connectivity index (χ3n) is 5.18. The molecule has 1 atom stereocenters. The number of hydrogen-bond acceptors (Lipinski definition) is 1. The number of ether oxygens (including phenoxy) is 1. The number of unbranched alkanes of at least 4 members (excludes halogenated alkanes) is 1. The van der Waals surface area contributed by atoms with Crippen molar-refractivity contribution in [3.8, 4) is 0 Å². The Morgan fingerprint density at radius 1 is 0.917 bits per heavy atom. The standard InChI is InChI=1S/C22H23IO/c23-13-3-4-14-24-18-9-12-20-17(15-18)8-11-21-19-6-2-1-5-16(19)7-10-22(20)21/h1-2,5-8,10-11,18H,3-4,9,12-15H2. The van der Waals surface area contributed by atoms with Crippen LogP contribution < -0.4 is 0 Å². The molecule has 2 heteroatoms. The fourth-order valence-corrected chi connectivity index (χ4v) is 4.46. The van der Waals surface area contributed by atoms with Gasteiger partial charge in [-0.3, -0.25) is 0 Å². The summed E-state index contributed by atoms with van der Waals surface area (Å²) in [5.41, 5.74) is 3.04. The van der Waals surface area contributed by atoms with Gasteiger partial charge >= 0.3 is 0 Å². The first-order chi connectivity index (χ1) is 11.9. The molecule has 0 bridgehead atoms. The van der Waals surface area contributed by atoms with Gasteiger partial charge in [-0.05, 0) is 69.2 Å². The van der Waals surface area contributed by atoms with Crippen molar-refractivity contribution in [2.24, 2.45) is 0 Å². The zero-order chi connectivity index (χ0) is 16.4. The molecule has 24 heavy (non-hydrogen) atoms. The van der Waals surface area contributed by atoms with Crippen molar-refractivity contribution in [2.75, 3.05) is 11.0 Å². The van der Waals surface area contributed by atoms with Crippen LogP contribution in [0.5, 0.6) is 0 Å². The molecular formula is C22H23IO. The number of halogens is 1. The summed E-state index contributed by atoms with van der Waals surface area (Å²) < 4.78 is 7.35.